The van der Waals surface area contributed by atoms with Crippen LogP contribution in [0.1, 0.15) is 26.2 Å². The fourth-order valence-electron chi connectivity index (χ4n) is 2.46. The van der Waals surface area contributed by atoms with Crippen LogP contribution in [0.25, 0.3) is 0 Å². The van der Waals surface area contributed by atoms with Crippen LogP contribution < -0.4 is 5.73 Å². The Kier molecular flexibility index (Phi) is 4.96. The van der Waals surface area contributed by atoms with Crippen molar-refractivity contribution in [2.45, 2.75) is 38.3 Å². The zero-order valence-electron chi connectivity index (χ0n) is 10.1. The normalized spacial score (nSPS) is 24.7. The van der Waals surface area contributed by atoms with Crippen molar-refractivity contribution in [1.82, 2.24) is 9.80 Å². The lowest BCUT2D eigenvalue weighted by molar-refractivity contribution is 0.165. The maximum atomic E-state index is 5.60. The molecule has 1 aliphatic heterocycles. The number of rotatable bonds is 5. The second-order valence-corrected chi connectivity index (χ2v) is 5.34. The van der Waals surface area contributed by atoms with Crippen LogP contribution in [0, 0.1) is 0 Å². The van der Waals surface area contributed by atoms with E-state index in [1.165, 1.54) is 19.4 Å². The van der Waals surface area contributed by atoms with E-state index in [4.69, 9.17) is 18.0 Å². The van der Waals surface area contributed by atoms with E-state index in [2.05, 4.69) is 30.8 Å². The molecule has 1 saturated heterocycles. The molecule has 4 heteroatoms. The molecule has 2 atom stereocenters. The van der Waals surface area contributed by atoms with Gasteiger partial charge in [0.15, 0.2) is 0 Å². The van der Waals surface area contributed by atoms with Crippen LogP contribution in [0.2, 0.25) is 0 Å². The van der Waals surface area contributed by atoms with E-state index in [9.17, 15) is 0 Å². The third kappa shape index (κ3) is 4.05. The number of hydrogen-bond acceptors (Lipinski definition) is 3. The molecule has 2 unspecified atom stereocenters. The Morgan fingerprint density at radius 3 is 2.80 bits per heavy atom. The van der Waals surface area contributed by atoms with E-state index in [1.807, 2.05) is 0 Å². The zero-order chi connectivity index (χ0) is 11.4. The number of hydrogen-bond donors (Lipinski definition) is 1. The molecule has 0 amide bonds. The molecule has 0 aromatic rings. The number of nitrogens with two attached hydrogens (primary N) is 1. The molecule has 0 spiro atoms. The van der Waals surface area contributed by atoms with Gasteiger partial charge in [0.1, 0.15) is 0 Å². The highest BCUT2D eigenvalue weighted by atomic mass is 32.1. The van der Waals surface area contributed by atoms with Gasteiger partial charge in [-0.25, -0.2) is 0 Å². The molecule has 1 rings (SSSR count). The summed E-state index contributed by atoms with van der Waals surface area (Å²) in [5.41, 5.74) is 5.60. The SMILES string of the molecule is CC(CC(N)=S)N1CCCC1CN(C)C. The quantitative estimate of drug-likeness (QED) is 0.715. The number of likely N-dealkylation sites (tertiary alicyclic amines) is 1. The Morgan fingerprint density at radius 2 is 2.27 bits per heavy atom. The summed E-state index contributed by atoms with van der Waals surface area (Å²) in [6.45, 7) is 4.57. The molecule has 0 saturated carbocycles. The summed E-state index contributed by atoms with van der Waals surface area (Å²) >= 11 is 4.97. The Labute approximate surface area is 98.6 Å². The molecule has 0 bridgehead atoms. The Bertz CT molecular complexity index is 218. The van der Waals surface area contributed by atoms with Gasteiger partial charge in [-0.05, 0) is 40.4 Å². The maximum absolute atomic E-state index is 5.60. The van der Waals surface area contributed by atoms with Gasteiger partial charge in [0.05, 0.1) is 4.99 Å². The second kappa shape index (κ2) is 5.77. The zero-order valence-corrected chi connectivity index (χ0v) is 10.9. The minimum absolute atomic E-state index is 0.495. The van der Waals surface area contributed by atoms with Crippen LogP contribution in [0.5, 0.6) is 0 Å². The summed E-state index contributed by atoms with van der Waals surface area (Å²) < 4.78 is 0. The molecular formula is C11H23N3S. The molecule has 1 aliphatic rings. The highest BCUT2D eigenvalue weighted by Gasteiger charge is 2.28. The molecule has 3 nitrogen and oxygen atoms in total. The van der Waals surface area contributed by atoms with Crippen molar-refractivity contribution in [1.29, 1.82) is 0 Å². The minimum atomic E-state index is 0.495. The maximum Gasteiger partial charge on any atom is 0.0742 e. The summed E-state index contributed by atoms with van der Waals surface area (Å²) in [7, 11) is 4.27. The van der Waals surface area contributed by atoms with Crippen LogP contribution in [0.15, 0.2) is 0 Å². The number of thiocarbonyl (C=S) groups is 1. The van der Waals surface area contributed by atoms with Gasteiger partial charge in [0, 0.05) is 25.0 Å². The van der Waals surface area contributed by atoms with Crippen molar-refractivity contribution < 1.29 is 0 Å². The number of likely N-dealkylation sites (N-methyl/N-ethyl adjacent to an activating group) is 1. The highest BCUT2D eigenvalue weighted by molar-refractivity contribution is 7.80. The first kappa shape index (κ1) is 12.9. The molecule has 15 heavy (non-hydrogen) atoms. The van der Waals surface area contributed by atoms with Gasteiger partial charge < -0.3 is 10.6 Å². The summed E-state index contributed by atoms with van der Waals surface area (Å²) in [6, 6.07) is 1.18. The Hall–Kier alpha value is -0.190. The highest BCUT2D eigenvalue weighted by Crippen LogP contribution is 2.21. The van der Waals surface area contributed by atoms with E-state index in [1.54, 1.807) is 0 Å². The van der Waals surface area contributed by atoms with Crippen LogP contribution in [0.3, 0.4) is 0 Å². The van der Waals surface area contributed by atoms with Gasteiger partial charge in [-0.15, -0.1) is 0 Å². The lowest BCUT2D eigenvalue weighted by atomic mass is 10.1. The molecule has 0 aliphatic carbocycles. The molecule has 88 valence electrons. The van der Waals surface area contributed by atoms with Crippen LogP contribution in [0.4, 0.5) is 0 Å². The average molecular weight is 229 g/mol. The molecule has 2 N–H and O–H groups in total. The summed E-state index contributed by atoms with van der Waals surface area (Å²) in [5.74, 6) is 0. The predicted octanol–water partition coefficient (Wildman–Crippen LogP) is 1.08. The molecular weight excluding hydrogens is 206 g/mol. The summed E-state index contributed by atoms with van der Waals surface area (Å²) in [6.07, 6.45) is 3.46. The largest absolute Gasteiger partial charge is 0.393 e. The first-order chi connectivity index (χ1) is 7.00. The standard InChI is InChI=1S/C11H23N3S/c1-9(7-11(12)15)14-6-4-5-10(14)8-13(2)3/h9-10H,4-8H2,1-3H3,(H2,12,15). The lowest BCUT2D eigenvalue weighted by Gasteiger charge is -2.32. The van der Waals surface area contributed by atoms with E-state index in [0.29, 0.717) is 17.1 Å². The molecule has 0 aromatic carbocycles. The Balaban J connectivity index is 2.48. The van der Waals surface area contributed by atoms with Crippen LogP contribution >= 0.6 is 12.2 Å². The third-order valence-corrected chi connectivity index (χ3v) is 3.23. The molecule has 0 radical (unpaired) electrons. The molecule has 1 fully saturated rings. The Morgan fingerprint density at radius 1 is 1.60 bits per heavy atom. The smallest absolute Gasteiger partial charge is 0.0742 e. The lowest BCUT2D eigenvalue weighted by Crippen LogP contribution is -2.43. The van der Waals surface area contributed by atoms with E-state index in [0.717, 1.165) is 13.0 Å². The fraction of sp³-hybridized carbons (Fsp3) is 0.909. The van der Waals surface area contributed by atoms with Crippen LogP contribution in [-0.4, -0.2) is 54.1 Å². The molecule has 0 aromatic heterocycles. The van der Waals surface area contributed by atoms with Crippen molar-refractivity contribution in [2.24, 2.45) is 5.73 Å². The van der Waals surface area contributed by atoms with Crippen LogP contribution in [-0.2, 0) is 0 Å². The monoisotopic (exact) mass is 229 g/mol. The fourth-order valence-corrected chi connectivity index (χ4v) is 2.71. The predicted molar refractivity (Wildman–Crippen MR) is 69.1 cm³/mol. The summed E-state index contributed by atoms with van der Waals surface area (Å²) in [4.78, 5) is 5.45. The average Bonchev–Trinajstić information content (AvgIpc) is 2.49. The van der Waals surface area contributed by atoms with Crippen molar-refractivity contribution in [3.05, 3.63) is 0 Å². The van der Waals surface area contributed by atoms with Crippen molar-refractivity contribution in [2.75, 3.05) is 27.2 Å². The van der Waals surface area contributed by atoms with Gasteiger partial charge in [-0.1, -0.05) is 12.2 Å². The first-order valence-corrected chi connectivity index (χ1v) is 6.10. The van der Waals surface area contributed by atoms with Gasteiger partial charge in [-0.3, -0.25) is 4.90 Å². The topological polar surface area (TPSA) is 32.5 Å². The van der Waals surface area contributed by atoms with Crippen molar-refractivity contribution >= 4 is 17.2 Å². The minimum Gasteiger partial charge on any atom is -0.393 e. The second-order valence-electron chi connectivity index (χ2n) is 4.82. The van der Waals surface area contributed by atoms with Gasteiger partial charge in [0.2, 0.25) is 0 Å². The van der Waals surface area contributed by atoms with Gasteiger partial charge in [-0.2, -0.15) is 0 Å². The van der Waals surface area contributed by atoms with E-state index in [-0.39, 0.29) is 0 Å². The van der Waals surface area contributed by atoms with Crippen molar-refractivity contribution in [3.63, 3.8) is 0 Å². The van der Waals surface area contributed by atoms with Gasteiger partial charge in [0.25, 0.3) is 0 Å². The van der Waals surface area contributed by atoms with E-state index < -0.39 is 0 Å². The van der Waals surface area contributed by atoms with Gasteiger partial charge >= 0.3 is 0 Å². The molecule has 1 heterocycles. The third-order valence-electron chi connectivity index (χ3n) is 3.06. The summed E-state index contributed by atoms with van der Waals surface area (Å²) in [5, 5.41) is 0. The van der Waals surface area contributed by atoms with E-state index >= 15 is 0 Å². The number of nitrogens with zero attached hydrogens (tertiary/aromatic N) is 2. The van der Waals surface area contributed by atoms with Crippen molar-refractivity contribution in [3.8, 4) is 0 Å². The first-order valence-electron chi connectivity index (χ1n) is 5.69.